The van der Waals surface area contributed by atoms with Crippen LogP contribution in [0, 0.1) is 6.92 Å². The molecule has 0 aliphatic rings. The Kier molecular flexibility index (Phi) is 5.05. The van der Waals surface area contributed by atoms with Gasteiger partial charge in [-0.3, -0.25) is 0 Å². The van der Waals surface area contributed by atoms with Crippen molar-refractivity contribution in [1.29, 1.82) is 0 Å². The maximum absolute atomic E-state index is 10.0. The van der Waals surface area contributed by atoms with Crippen LogP contribution < -0.4 is 14.8 Å². The normalized spacial score (nSPS) is 12.4. The van der Waals surface area contributed by atoms with Gasteiger partial charge in [-0.25, -0.2) is 0 Å². The quantitative estimate of drug-likeness (QED) is 0.848. The molecule has 5 heteroatoms. The van der Waals surface area contributed by atoms with Crippen molar-refractivity contribution >= 4 is 11.6 Å². The fourth-order valence-corrected chi connectivity index (χ4v) is 2.21. The Balaban J connectivity index is 3.34. The molecule has 4 nitrogen and oxygen atoms in total. The van der Waals surface area contributed by atoms with Crippen LogP contribution in [0.15, 0.2) is 6.07 Å². The summed E-state index contributed by atoms with van der Waals surface area (Å²) < 4.78 is 10.5. The molecule has 1 atom stereocenters. The van der Waals surface area contributed by atoms with E-state index in [4.69, 9.17) is 21.1 Å². The average molecular weight is 260 g/mol. The predicted molar refractivity (Wildman–Crippen MR) is 68.2 cm³/mol. The first-order valence-corrected chi connectivity index (χ1v) is 5.68. The zero-order valence-electron chi connectivity index (χ0n) is 10.5. The number of nitrogens with one attached hydrogen (secondary N) is 1. The first kappa shape index (κ1) is 14.1. The van der Waals surface area contributed by atoms with Crippen LogP contribution in [-0.4, -0.2) is 32.9 Å². The van der Waals surface area contributed by atoms with E-state index < -0.39 is 6.10 Å². The Hall–Kier alpha value is -0.970. The predicted octanol–water partition coefficient (Wildman–Crippen LogP) is 1.92. The summed E-state index contributed by atoms with van der Waals surface area (Å²) in [5.41, 5.74) is 1.42. The maximum Gasteiger partial charge on any atom is 0.141 e. The van der Waals surface area contributed by atoms with Crippen LogP contribution in [0.5, 0.6) is 11.5 Å². The Bertz CT molecular complexity index is 396. The molecule has 0 aromatic heterocycles. The summed E-state index contributed by atoms with van der Waals surface area (Å²) in [5.74, 6) is 1.13. The molecule has 1 rings (SSSR count). The van der Waals surface area contributed by atoms with Gasteiger partial charge in [-0.05, 0) is 25.6 Å². The van der Waals surface area contributed by atoms with Gasteiger partial charge in [0.1, 0.15) is 11.5 Å². The third kappa shape index (κ3) is 2.83. The molecule has 0 saturated heterocycles. The number of aliphatic hydroxyl groups is 1. The molecule has 2 N–H and O–H groups in total. The molecule has 0 radical (unpaired) electrons. The van der Waals surface area contributed by atoms with Crippen LogP contribution >= 0.6 is 11.6 Å². The summed E-state index contributed by atoms with van der Waals surface area (Å²) in [6, 6.07) is 1.80. The van der Waals surface area contributed by atoms with Gasteiger partial charge in [-0.2, -0.15) is 0 Å². The first-order valence-electron chi connectivity index (χ1n) is 5.30. The number of hydrogen-bond acceptors (Lipinski definition) is 4. The zero-order chi connectivity index (χ0) is 13.0. The van der Waals surface area contributed by atoms with Crippen molar-refractivity contribution in [3.05, 3.63) is 22.2 Å². The number of aliphatic hydroxyl groups excluding tert-OH is 1. The van der Waals surface area contributed by atoms with Crippen LogP contribution in [0.25, 0.3) is 0 Å². The summed E-state index contributed by atoms with van der Waals surface area (Å²) in [5, 5.41) is 13.3. The minimum atomic E-state index is -0.739. The zero-order valence-corrected chi connectivity index (χ0v) is 11.3. The van der Waals surface area contributed by atoms with E-state index in [0.29, 0.717) is 28.6 Å². The maximum atomic E-state index is 10.0. The second-order valence-corrected chi connectivity index (χ2v) is 4.11. The molecule has 0 heterocycles. The Labute approximate surface area is 106 Å². The first-order chi connectivity index (χ1) is 8.06. The second kappa shape index (κ2) is 6.10. The molecule has 0 aliphatic heterocycles. The molecular formula is C12H18ClNO3. The van der Waals surface area contributed by atoms with Crippen LogP contribution in [0.1, 0.15) is 17.2 Å². The third-order valence-electron chi connectivity index (χ3n) is 2.56. The topological polar surface area (TPSA) is 50.7 Å². The van der Waals surface area contributed by atoms with Crippen LogP contribution in [0.3, 0.4) is 0 Å². The minimum Gasteiger partial charge on any atom is -0.496 e. The molecule has 0 bridgehead atoms. The lowest BCUT2D eigenvalue weighted by molar-refractivity contribution is 0.173. The van der Waals surface area contributed by atoms with Gasteiger partial charge < -0.3 is 19.9 Å². The minimum absolute atomic E-state index is 0.391. The van der Waals surface area contributed by atoms with Crippen LogP contribution in [-0.2, 0) is 0 Å². The lowest BCUT2D eigenvalue weighted by Crippen LogP contribution is -2.18. The smallest absolute Gasteiger partial charge is 0.141 e. The summed E-state index contributed by atoms with van der Waals surface area (Å²) in [6.45, 7) is 2.27. The summed E-state index contributed by atoms with van der Waals surface area (Å²) in [6.07, 6.45) is -0.739. The molecule has 0 fully saturated rings. The fourth-order valence-electron chi connectivity index (χ4n) is 1.77. The molecule has 0 spiro atoms. The standard InChI is InChI=1S/C12H18ClNO3/c1-7-5-9(16-3)10(8(15)6-14-2)11(13)12(7)17-4/h5,8,14-15H,6H2,1-4H3. The number of hydrogen-bond donors (Lipinski definition) is 2. The Morgan fingerprint density at radius 2 is 2.06 bits per heavy atom. The van der Waals surface area contributed by atoms with E-state index in [1.165, 1.54) is 0 Å². The van der Waals surface area contributed by atoms with Gasteiger partial charge in [0, 0.05) is 12.1 Å². The molecule has 1 aromatic rings. The fraction of sp³-hybridized carbons (Fsp3) is 0.500. The second-order valence-electron chi connectivity index (χ2n) is 3.73. The largest absolute Gasteiger partial charge is 0.496 e. The highest BCUT2D eigenvalue weighted by atomic mass is 35.5. The highest BCUT2D eigenvalue weighted by molar-refractivity contribution is 6.33. The van der Waals surface area contributed by atoms with Gasteiger partial charge in [0.2, 0.25) is 0 Å². The van der Waals surface area contributed by atoms with Crippen molar-refractivity contribution in [1.82, 2.24) is 5.32 Å². The van der Waals surface area contributed by atoms with Gasteiger partial charge in [-0.1, -0.05) is 11.6 Å². The molecule has 1 aromatic carbocycles. The van der Waals surface area contributed by atoms with Crippen molar-refractivity contribution in [3.63, 3.8) is 0 Å². The number of halogens is 1. The van der Waals surface area contributed by atoms with Crippen molar-refractivity contribution < 1.29 is 14.6 Å². The number of ether oxygens (including phenoxy) is 2. The van der Waals surface area contributed by atoms with E-state index >= 15 is 0 Å². The highest BCUT2D eigenvalue weighted by Gasteiger charge is 2.21. The summed E-state index contributed by atoms with van der Waals surface area (Å²) in [7, 11) is 4.86. The van der Waals surface area contributed by atoms with E-state index in [1.54, 1.807) is 27.3 Å². The van der Waals surface area contributed by atoms with E-state index in [9.17, 15) is 5.11 Å². The van der Waals surface area contributed by atoms with Gasteiger partial charge in [0.15, 0.2) is 0 Å². The molecule has 0 amide bonds. The summed E-state index contributed by atoms with van der Waals surface area (Å²) in [4.78, 5) is 0. The molecular weight excluding hydrogens is 242 g/mol. The SMILES string of the molecule is CNCC(O)c1c(OC)cc(C)c(OC)c1Cl. The number of rotatable bonds is 5. The molecule has 17 heavy (non-hydrogen) atoms. The van der Waals surface area contributed by atoms with Gasteiger partial charge in [0.25, 0.3) is 0 Å². The van der Waals surface area contributed by atoms with Crippen LogP contribution in [0.2, 0.25) is 5.02 Å². The summed E-state index contributed by atoms with van der Waals surface area (Å²) >= 11 is 6.24. The van der Waals surface area contributed by atoms with Gasteiger partial charge >= 0.3 is 0 Å². The van der Waals surface area contributed by atoms with Crippen LogP contribution in [0.4, 0.5) is 0 Å². The van der Waals surface area contributed by atoms with Crippen molar-refractivity contribution in [3.8, 4) is 11.5 Å². The van der Waals surface area contributed by atoms with Crippen molar-refractivity contribution in [2.45, 2.75) is 13.0 Å². The van der Waals surface area contributed by atoms with E-state index in [0.717, 1.165) is 5.56 Å². The number of aryl methyl sites for hydroxylation is 1. The van der Waals surface area contributed by atoms with E-state index in [-0.39, 0.29) is 0 Å². The lowest BCUT2D eigenvalue weighted by atomic mass is 10.0. The third-order valence-corrected chi connectivity index (χ3v) is 2.94. The molecule has 96 valence electrons. The van der Waals surface area contributed by atoms with Crippen molar-refractivity contribution in [2.75, 3.05) is 27.8 Å². The number of likely N-dealkylation sites (N-methyl/N-ethyl adjacent to an activating group) is 1. The Morgan fingerprint density at radius 3 is 2.53 bits per heavy atom. The number of benzene rings is 1. The van der Waals surface area contributed by atoms with Gasteiger partial charge in [0.05, 0.1) is 25.3 Å². The molecule has 1 unspecified atom stereocenters. The Morgan fingerprint density at radius 1 is 1.41 bits per heavy atom. The molecule has 0 aliphatic carbocycles. The monoisotopic (exact) mass is 259 g/mol. The molecule has 0 saturated carbocycles. The van der Waals surface area contributed by atoms with E-state index in [2.05, 4.69) is 5.32 Å². The average Bonchev–Trinajstić information content (AvgIpc) is 2.28. The van der Waals surface area contributed by atoms with E-state index in [1.807, 2.05) is 6.92 Å². The number of methoxy groups -OCH3 is 2. The van der Waals surface area contributed by atoms with Gasteiger partial charge in [-0.15, -0.1) is 0 Å². The van der Waals surface area contributed by atoms with Crippen molar-refractivity contribution in [2.24, 2.45) is 0 Å². The highest BCUT2D eigenvalue weighted by Crippen LogP contribution is 2.41. The lowest BCUT2D eigenvalue weighted by Gasteiger charge is -2.19.